The van der Waals surface area contributed by atoms with E-state index in [9.17, 15) is 13.2 Å². The van der Waals surface area contributed by atoms with E-state index >= 15 is 0 Å². The van der Waals surface area contributed by atoms with Gasteiger partial charge in [-0.25, -0.2) is 9.69 Å². The van der Waals surface area contributed by atoms with E-state index in [1.807, 2.05) is 0 Å². The summed E-state index contributed by atoms with van der Waals surface area (Å²) >= 11 is 0. The minimum absolute atomic E-state index is 0.0116. The summed E-state index contributed by atoms with van der Waals surface area (Å²) in [6.07, 6.45) is -0.529. The van der Waals surface area contributed by atoms with Gasteiger partial charge in [0.25, 0.3) is 0 Å². The monoisotopic (exact) mass is 260 g/mol. The number of allylic oxidation sites excluding steroid dienone is 1. The van der Waals surface area contributed by atoms with Crippen LogP contribution in [0.1, 0.15) is 12.1 Å². The molecule has 0 atom stereocenters. The van der Waals surface area contributed by atoms with E-state index in [2.05, 4.69) is 10.2 Å². The van der Waals surface area contributed by atoms with Crippen molar-refractivity contribution in [2.45, 2.75) is 12.6 Å². The molecule has 8 heteroatoms. The number of hydrogen-bond acceptors (Lipinski definition) is 4. The zero-order chi connectivity index (χ0) is 13.3. The van der Waals surface area contributed by atoms with Crippen LogP contribution < -0.4 is 4.74 Å². The maximum Gasteiger partial charge on any atom is 0.435 e. The SMILES string of the molecule is CN1N=CCC=C1Oc1cc(C(F)(F)F)nn1C. The average molecular weight is 260 g/mol. The van der Waals surface area contributed by atoms with Gasteiger partial charge in [0.05, 0.1) is 0 Å². The van der Waals surface area contributed by atoms with Gasteiger partial charge in [0.2, 0.25) is 11.8 Å². The Hall–Kier alpha value is -1.99. The molecule has 2 rings (SSSR count). The molecule has 1 aromatic heterocycles. The van der Waals surface area contributed by atoms with Crippen molar-refractivity contribution in [3.63, 3.8) is 0 Å². The summed E-state index contributed by atoms with van der Waals surface area (Å²) in [4.78, 5) is 0. The Morgan fingerprint density at radius 1 is 1.33 bits per heavy atom. The van der Waals surface area contributed by atoms with Crippen LogP contribution in [0.2, 0.25) is 0 Å². The van der Waals surface area contributed by atoms with Crippen molar-refractivity contribution >= 4 is 6.21 Å². The highest BCUT2D eigenvalue weighted by atomic mass is 19.4. The van der Waals surface area contributed by atoms with Gasteiger partial charge >= 0.3 is 6.18 Å². The number of aromatic nitrogens is 2. The zero-order valence-corrected chi connectivity index (χ0v) is 9.77. The molecule has 1 aromatic rings. The molecule has 0 N–H and O–H groups in total. The van der Waals surface area contributed by atoms with Gasteiger partial charge < -0.3 is 4.74 Å². The van der Waals surface area contributed by atoms with Crippen LogP contribution in [0.4, 0.5) is 13.2 Å². The Morgan fingerprint density at radius 3 is 2.61 bits per heavy atom. The van der Waals surface area contributed by atoms with E-state index in [1.54, 1.807) is 19.3 Å². The third kappa shape index (κ3) is 2.47. The standard InChI is InChI=1S/C10H11F3N4O/c1-16-8(4-3-5-14-16)18-9-6-7(10(11,12)13)15-17(9)2/h4-6H,3H2,1-2H3. The number of halogens is 3. The van der Waals surface area contributed by atoms with Crippen LogP contribution in [0, 0.1) is 0 Å². The van der Waals surface area contributed by atoms with E-state index in [-0.39, 0.29) is 5.88 Å². The molecule has 1 aliphatic heterocycles. The summed E-state index contributed by atoms with van der Waals surface area (Å²) in [5.74, 6) is 0.381. The average Bonchev–Trinajstić information content (AvgIpc) is 2.63. The Labute approximate surface area is 101 Å². The molecule has 2 heterocycles. The Bertz CT molecular complexity index is 504. The highest BCUT2D eigenvalue weighted by Crippen LogP contribution is 2.31. The second kappa shape index (κ2) is 4.35. The van der Waals surface area contributed by atoms with Crippen LogP contribution >= 0.6 is 0 Å². The van der Waals surface area contributed by atoms with Crippen LogP contribution in [0.15, 0.2) is 23.1 Å². The quantitative estimate of drug-likeness (QED) is 0.816. The number of hydrazone groups is 1. The lowest BCUT2D eigenvalue weighted by Gasteiger charge is -2.19. The molecule has 0 radical (unpaired) electrons. The lowest BCUT2D eigenvalue weighted by molar-refractivity contribution is -0.141. The van der Waals surface area contributed by atoms with Gasteiger partial charge in [-0.2, -0.15) is 23.4 Å². The summed E-state index contributed by atoms with van der Waals surface area (Å²) in [5.41, 5.74) is -0.984. The highest BCUT2D eigenvalue weighted by molar-refractivity contribution is 5.60. The fourth-order valence-electron chi connectivity index (χ4n) is 1.41. The van der Waals surface area contributed by atoms with Gasteiger partial charge in [-0.3, -0.25) is 0 Å². The molecule has 0 amide bonds. The van der Waals surface area contributed by atoms with E-state index in [0.717, 1.165) is 10.7 Å². The maximum absolute atomic E-state index is 12.5. The van der Waals surface area contributed by atoms with Crippen molar-refractivity contribution in [1.82, 2.24) is 14.8 Å². The number of rotatable bonds is 2. The molecule has 0 saturated heterocycles. The second-order valence-corrected chi connectivity index (χ2v) is 3.69. The molecule has 0 bridgehead atoms. The number of alkyl halides is 3. The van der Waals surface area contributed by atoms with Gasteiger partial charge in [0, 0.05) is 32.8 Å². The van der Waals surface area contributed by atoms with Crippen LogP contribution in [0.3, 0.4) is 0 Å². The highest BCUT2D eigenvalue weighted by Gasteiger charge is 2.35. The van der Waals surface area contributed by atoms with Crippen molar-refractivity contribution in [3.8, 4) is 5.88 Å². The molecular formula is C10H11F3N4O. The summed E-state index contributed by atoms with van der Waals surface area (Å²) in [7, 11) is 3.03. The topological polar surface area (TPSA) is 42.6 Å². The minimum atomic E-state index is -4.48. The minimum Gasteiger partial charge on any atom is -0.422 e. The van der Waals surface area contributed by atoms with Gasteiger partial charge in [-0.1, -0.05) is 0 Å². The first-order chi connectivity index (χ1) is 8.38. The normalized spacial score (nSPS) is 15.8. The van der Waals surface area contributed by atoms with E-state index < -0.39 is 11.9 Å². The number of aryl methyl sites for hydroxylation is 1. The number of nitrogens with zero attached hydrogens (tertiary/aromatic N) is 4. The molecule has 5 nitrogen and oxygen atoms in total. The molecule has 0 aliphatic carbocycles. The number of ether oxygens (including phenoxy) is 1. The van der Waals surface area contributed by atoms with Crippen molar-refractivity contribution in [2.75, 3.05) is 7.05 Å². The lowest BCUT2D eigenvalue weighted by atomic mass is 10.4. The maximum atomic E-state index is 12.5. The van der Waals surface area contributed by atoms with E-state index in [4.69, 9.17) is 4.74 Å². The van der Waals surface area contributed by atoms with Crippen LogP contribution in [0.5, 0.6) is 5.88 Å². The van der Waals surface area contributed by atoms with Gasteiger partial charge in [-0.05, 0) is 6.08 Å². The molecule has 0 spiro atoms. The third-order valence-electron chi connectivity index (χ3n) is 2.31. The summed E-state index contributed by atoms with van der Waals surface area (Å²) in [6, 6.07) is 0.854. The fraction of sp³-hybridized carbons (Fsp3) is 0.400. The van der Waals surface area contributed by atoms with Crippen molar-refractivity contribution < 1.29 is 17.9 Å². The Morgan fingerprint density at radius 2 is 2.06 bits per heavy atom. The molecule has 18 heavy (non-hydrogen) atoms. The van der Waals surface area contributed by atoms with Crippen LogP contribution in [0.25, 0.3) is 0 Å². The van der Waals surface area contributed by atoms with Gasteiger partial charge in [0.1, 0.15) is 0 Å². The van der Waals surface area contributed by atoms with Crippen LogP contribution in [-0.2, 0) is 13.2 Å². The molecule has 1 aliphatic rings. The van der Waals surface area contributed by atoms with Crippen LogP contribution in [-0.4, -0.2) is 28.1 Å². The molecular weight excluding hydrogens is 249 g/mol. The zero-order valence-electron chi connectivity index (χ0n) is 9.77. The van der Waals surface area contributed by atoms with E-state index in [0.29, 0.717) is 12.3 Å². The van der Waals surface area contributed by atoms with Crippen molar-refractivity contribution in [1.29, 1.82) is 0 Å². The Balaban J connectivity index is 2.20. The molecule has 0 fully saturated rings. The molecule has 0 aromatic carbocycles. The summed E-state index contributed by atoms with van der Waals surface area (Å²) in [6.45, 7) is 0. The van der Waals surface area contributed by atoms with Gasteiger partial charge in [0.15, 0.2) is 5.69 Å². The first kappa shape index (κ1) is 12.5. The Kier molecular flexibility index (Phi) is 3.02. The summed E-state index contributed by atoms with van der Waals surface area (Å²) in [5, 5.41) is 8.75. The smallest absolute Gasteiger partial charge is 0.422 e. The molecule has 0 saturated carbocycles. The third-order valence-corrected chi connectivity index (χ3v) is 2.31. The predicted octanol–water partition coefficient (Wildman–Crippen LogP) is 1.98. The van der Waals surface area contributed by atoms with E-state index in [1.165, 1.54) is 12.1 Å². The predicted molar refractivity (Wildman–Crippen MR) is 57.8 cm³/mol. The fourth-order valence-corrected chi connectivity index (χ4v) is 1.41. The first-order valence-electron chi connectivity index (χ1n) is 5.13. The van der Waals surface area contributed by atoms with Crippen molar-refractivity contribution in [2.24, 2.45) is 12.1 Å². The lowest BCUT2D eigenvalue weighted by Crippen LogP contribution is -2.19. The van der Waals surface area contributed by atoms with Gasteiger partial charge in [-0.15, -0.1) is 0 Å². The molecule has 0 unspecified atom stereocenters. The molecule has 98 valence electrons. The summed E-state index contributed by atoms with van der Waals surface area (Å²) < 4.78 is 43.8. The first-order valence-corrected chi connectivity index (χ1v) is 5.13. The largest absolute Gasteiger partial charge is 0.435 e. The van der Waals surface area contributed by atoms with Crippen molar-refractivity contribution in [3.05, 3.63) is 23.7 Å². The number of hydrogen-bond donors (Lipinski definition) is 0. The second-order valence-electron chi connectivity index (χ2n) is 3.69.